The third-order valence-corrected chi connectivity index (χ3v) is 1.65. The summed E-state index contributed by atoms with van der Waals surface area (Å²) in [5, 5.41) is 8.45. The predicted molar refractivity (Wildman–Crippen MR) is 35.4 cm³/mol. The Morgan fingerprint density at radius 1 is 1.70 bits per heavy atom. The molecule has 0 aromatic rings. The van der Waals surface area contributed by atoms with Gasteiger partial charge in [0.1, 0.15) is 6.10 Å². The predicted octanol–water partition coefficient (Wildman–Crippen LogP) is 0.464. The number of aliphatic hydroxyl groups is 1. The van der Waals surface area contributed by atoms with Gasteiger partial charge < -0.3 is 9.84 Å². The van der Waals surface area contributed by atoms with Crippen LogP contribution in [-0.4, -0.2) is 23.8 Å². The van der Waals surface area contributed by atoms with E-state index in [1.165, 1.54) is 0 Å². The van der Waals surface area contributed by atoms with Crippen molar-refractivity contribution in [3.8, 4) is 0 Å². The summed E-state index contributed by atoms with van der Waals surface area (Å²) < 4.78 is 4.91. The van der Waals surface area contributed by atoms with Gasteiger partial charge in [0.25, 0.3) is 0 Å². The van der Waals surface area contributed by atoms with Gasteiger partial charge in [-0.3, -0.25) is 4.79 Å². The lowest BCUT2D eigenvalue weighted by Gasteiger charge is -2.05. The third-order valence-electron chi connectivity index (χ3n) is 1.65. The Morgan fingerprint density at radius 2 is 2.50 bits per heavy atom. The molecule has 3 heteroatoms. The zero-order chi connectivity index (χ0) is 7.40. The number of rotatable bonds is 3. The van der Waals surface area contributed by atoms with Crippen LogP contribution in [0.15, 0.2) is 0 Å². The molecule has 10 heavy (non-hydrogen) atoms. The fourth-order valence-corrected chi connectivity index (χ4v) is 1.10. The lowest BCUT2D eigenvalue weighted by Crippen LogP contribution is -2.06. The molecular formula is C7H12O3. The number of aliphatic hydroxyl groups excluding tert-OH is 1. The van der Waals surface area contributed by atoms with Crippen LogP contribution in [0.3, 0.4) is 0 Å². The normalized spacial score (nSPS) is 24.9. The molecule has 0 saturated carbocycles. The Bertz CT molecular complexity index is 122. The van der Waals surface area contributed by atoms with Gasteiger partial charge in [-0.1, -0.05) is 0 Å². The Labute approximate surface area is 60.0 Å². The molecule has 0 bridgehead atoms. The Hall–Kier alpha value is -0.570. The summed E-state index contributed by atoms with van der Waals surface area (Å²) in [7, 11) is 0. The van der Waals surface area contributed by atoms with Gasteiger partial charge in [0.2, 0.25) is 0 Å². The Morgan fingerprint density at radius 3 is 3.00 bits per heavy atom. The summed E-state index contributed by atoms with van der Waals surface area (Å²) in [4.78, 5) is 10.5. The third kappa shape index (κ3) is 1.99. The first kappa shape index (κ1) is 7.54. The van der Waals surface area contributed by atoms with Crippen molar-refractivity contribution in [3.05, 3.63) is 0 Å². The van der Waals surface area contributed by atoms with Gasteiger partial charge in [-0.25, -0.2) is 0 Å². The molecule has 0 unspecified atom stereocenters. The van der Waals surface area contributed by atoms with Crippen molar-refractivity contribution in [2.75, 3.05) is 6.61 Å². The van der Waals surface area contributed by atoms with Gasteiger partial charge in [-0.15, -0.1) is 0 Å². The zero-order valence-electron chi connectivity index (χ0n) is 5.88. The summed E-state index contributed by atoms with van der Waals surface area (Å²) >= 11 is 0. The minimum atomic E-state index is -0.0945. The van der Waals surface area contributed by atoms with Gasteiger partial charge in [-0.05, 0) is 19.3 Å². The first-order valence-electron chi connectivity index (χ1n) is 3.63. The van der Waals surface area contributed by atoms with Crippen LogP contribution < -0.4 is 0 Å². The van der Waals surface area contributed by atoms with E-state index in [0.717, 1.165) is 19.3 Å². The molecule has 3 nitrogen and oxygen atoms in total. The molecular weight excluding hydrogens is 132 g/mol. The van der Waals surface area contributed by atoms with E-state index in [1.54, 1.807) is 0 Å². The summed E-state index contributed by atoms with van der Waals surface area (Å²) in [5.41, 5.74) is 0. The number of carbonyl (C=O) groups is 1. The lowest BCUT2D eigenvalue weighted by molar-refractivity contribution is -0.141. The molecule has 1 heterocycles. The average Bonchev–Trinajstić information content (AvgIpc) is 2.31. The highest BCUT2D eigenvalue weighted by atomic mass is 16.5. The van der Waals surface area contributed by atoms with Gasteiger partial charge in [-0.2, -0.15) is 0 Å². The maximum absolute atomic E-state index is 10.5. The van der Waals surface area contributed by atoms with E-state index in [-0.39, 0.29) is 18.7 Å². The van der Waals surface area contributed by atoms with Crippen molar-refractivity contribution in [3.63, 3.8) is 0 Å². The second kappa shape index (κ2) is 3.56. The molecule has 0 amide bonds. The number of carbonyl (C=O) groups excluding carboxylic acids is 1. The van der Waals surface area contributed by atoms with E-state index in [0.29, 0.717) is 6.42 Å². The van der Waals surface area contributed by atoms with Gasteiger partial charge in [0.15, 0.2) is 0 Å². The van der Waals surface area contributed by atoms with E-state index in [4.69, 9.17) is 9.84 Å². The number of esters is 1. The summed E-state index contributed by atoms with van der Waals surface area (Å²) in [5.74, 6) is -0.0945. The van der Waals surface area contributed by atoms with Crippen molar-refractivity contribution in [2.45, 2.75) is 31.8 Å². The summed E-state index contributed by atoms with van der Waals surface area (Å²) in [6.45, 7) is 0.189. The van der Waals surface area contributed by atoms with E-state index in [2.05, 4.69) is 0 Å². The van der Waals surface area contributed by atoms with Crippen LogP contribution in [0.4, 0.5) is 0 Å². The lowest BCUT2D eigenvalue weighted by atomic mass is 10.1. The van der Waals surface area contributed by atoms with Crippen LogP contribution in [0.1, 0.15) is 25.7 Å². The topological polar surface area (TPSA) is 46.5 Å². The minimum absolute atomic E-state index is 0.0830. The van der Waals surface area contributed by atoms with Gasteiger partial charge in [0.05, 0.1) is 0 Å². The highest BCUT2D eigenvalue weighted by Gasteiger charge is 2.21. The largest absolute Gasteiger partial charge is 0.462 e. The van der Waals surface area contributed by atoms with E-state index in [1.807, 2.05) is 0 Å². The van der Waals surface area contributed by atoms with Crippen LogP contribution >= 0.6 is 0 Å². The van der Waals surface area contributed by atoms with Crippen LogP contribution in [0.2, 0.25) is 0 Å². The van der Waals surface area contributed by atoms with Crippen molar-refractivity contribution in [1.29, 1.82) is 0 Å². The molecule has 1 aliphatic rings. The summed E-state index contributed by atoms with van der Waals surface area (Å²) in [6.07, 6.45) is 3.01. The quantitative estimate of drug-likeness (QED) is 0.585. The highest BCUT2D eigenvalue weighted by Crippen LogP contribution is 2.17. The average molecular weight is 144 g/mol. The van der Waals surface area contributed by atoms with Crippen LogP contribution in [0, 0.1) is 0 Å². The molecule has 1 saturated heterocycles. The SMILES string of the molecule is O=C1CC[C@@H](CCCO)O1. The van der Waals surface area contributed by atoms with E-state index < -0.39 is 0 Å². The number of hydrogen-bond acceptors (Lipinski definition) is 3. The van der Waals surface area contributed by atoms with E-state index in [9.17, 15) is 4.79 Å². The molecule has 0 spiro atoms. The molecule has 0 radical (unpaired) electrons. The molecule has 1 rings (SSSR count). The monoisotopic (exact) mass is 144 g/mol. The molecule has 0 aromatic carbocycles. The fraction of sp³-hybridized carbons (Fsp3) is 0.857. The van der Waals surface area contributed by atoms with Crippen molar-refractivity contribution in [2.24, 2.45) is 0 Å². The van der Waals surface area contributed by atoms with Crippen LogP contribution in [0.25, 0.3) is 0 Å². The second-order valence-corrected chi connectivity index (χ2v) is 2.52. The first-order valence-corrected chi connectivity index (χ1v) is 3.63. The molecule has 0 aromatic heterocycles. The zero-order valence-corrected chi connectivity index (χ0v) is 5.88. The molecule has 1 N–H and O–H groups in total. The molecule has 1 aliphatic heterocycles. The van der Waals surface area contributed by atoms with Crippen molar-refractivity contribution >= 4 is 5.97 Å². The number of ether oxygens (including phenoxy) is 1. The highest BCUT2D eigenvalue weighted by molar-refractivity contribution is 5.71. The Kier molecular flexibility index (Phi) is 2.68. The molecule has 0 aliphatic carbocycles. The fourth-order valence-electron chi connectivity index (χ4n) is 1.10. The second-order valence-electron chi connectivity index (χ2n) is 2.52. The first-order chi connectivity index (χ1) is 4.83. The maximum atomic E-state index is 10.5. The standard InChI is InChI=1S/C7H12O3/c8-5-1-2-6-3-4-7(9)10-6/h6,8H,1-5H2/t6-/m1/s1. The van der Waals surface area contributed by atoms with E-state index >= 15 is 0 Å². The minimum Gasteiger partial charge on any atom is -0.462 e. The molecule has 58 valence electrons. The smallest absolute Gasteiger partial charge is 0.306 e. The van der Waals surface area contributed by atoms with Crippen LogP contribution in [0.5, 0.6) is 0 Å². The van der Waals surface area contributed by atoms with Gasteiger partial charge in [0, 0.05) is 13.0 Å². The van der Waals surface area contributed by atoms with Crippen molar-refractivity contribution < 1.29 is 14.6 Å². The summed E-state index contributed by atoms with van der Waals surface area (Å²) in [6, 6.07) is 0. The Balaban J connectivity index is 2.12. The number of cyclic esters (lactones) is 1. The molecule has 1 fully saturated rings. The van der Waals surface area contributed by atoms with Gasteiger partial charge >= 0.3 is 5.97 Å². The van der Waals surface area contributed by atoms with Crippen LogP contribution in [-0.2, 0) is 9.53 Å². The number of hydrogen-bond donors (Lipinski definition) is 1. The molecule has 1 atom stereocenters. The maximum Gasteiger partial charge on any atom is 0.306 e. The van der Waals surface area contributed by atoms with Crippen molar-refractivity contribution in [1.82, 2.24) is 0 Å².